The number of carbonyl (C=O) groups is 1. The molecule has 1 aliphatic heterocycles. The minimum absolute atomic E-state index is 0.0970. The molecule has 1 fully saturated rings. The molecule has 0 aromatic heterocycles. The van der Waals surface area contributed by atoms with E-state index < -0.39 is 0 Å². The van der Waals surface area contributed by atoms with Crippen molar-refractivity contribution in [3.05, 3.63) is 23.8 Å². The summed E-state index contributed by atoms with van der Waals surface area (Å²) >= 11 is 0. The Hall–Kier alpha value is -1.79. The van der Waals surface area contributed by atoms with Gasteiger partial charge in [0.15, 0.2) is 11.5 Å². The lowest BCUT2D eigenvalue weighted by atomic mass is 10.0. The monoisotopic (exact) mass is 350 g/mol. The van der Waals surface area contributed by atoms with Crippen LogP contribution in [0.1, 0.15) is 31.1 Å². The quantitative estimate of drug-likeness (QED) is 0.779. The highest BCUT2D eigenvalue weighted by Crippen LogP contribution is 2.28. The van der Waals surface area contributed by atoms with Crippen LogP contribution < -0.4 is 14.8 Å². The molecule has 1 aromatic carbocycles. The smallest absolute Gasteiger partial charge is 0.251 e. The van der Waals surface area contributed by atoms with Crippen LogP contribution in [-0.2, 0) is 4.74 Å². The second-order valence-electron chi connectivity index (χ2n) is 6.47. The number of hydrogen-bond donors (Lipinski definition) is 1. The molecule has 1 N–H and O–H groups in total. The van der Waals surface area contributed by atoms with E-state index in [9.17, 15) is 4.79 Å². The Labute approximate surface area is 150 Å². The van der Waals surface area contributed by atoms with Crippen molar-refractivity contribution < 1.29 is 19.0 Å². The van der Waals surface area contributed by atoms with Crippen molar-refractivity contribution >= 4 is 5.91 Å². The SMILES string of the molecule is CCOc1ccc(C(=O)NCC(C(C)C)N2CCOCC2)cc1OC. The number of methoxy groups -OCH3 is 1. The number of rotatable bonds is 8. The topological polar surface area (TPSA) is 60.0 Å². The van der Waals surface area contributed by atoms with Gasteiger partial charge in [0.1, 0.15) is 0 Å². The lowest BCUT2D eigenvalue weighted by molar-refractivity contribution is 0.00672. The van der Waals surface area contributed by atoms with E-state index >= 15 is 0 Å². The number of benzene rings is 1. The molecule has 0 saturated carbocycles. The molecule has 1 atom stereocenters. The fourth-order valence-electron chi connectivity index (χ4n) is 3.08. The van der Waals surface area contributed by atoms with Crippen molar-refractivity contribution in [2.75, 3.05) is 46.6 Å². The van der Waals surface area contributed by atoms with Crippen LogP contribution in [0, 0.1) is 5.92 Å². The Bertz CT molecular complexity index is 556. The maximum absolute atomic E-state index is 12.5. The summed E-state index contributed by atoms with van der Waals surface area (Å²) in [7, 11) is 1.58. The fourth-order valence-corrected chi connectivity index (χ4v) is 3.08. The van der Waals surface area contributed by atoms with Gasteiger partial charge in [0.25, 0.3) is 5.91 Å². The first-order valence-corrected chi connectivity index (χ1v) is 8.97. The molecule has 0 aliphatic carbocycles. The minimum Gasteiger partial charge on any atom is -0.493 e. The van der Waals surface area contributed by atoms with Crippen molar-refractivity contribution in [3.8, 4) is 11.5 Å². The van der Waals surface area contributed by atoms with Crippen molar-refractivity contribution in [1.29, 1.82) is 0 Å². The Morgan fingerprint density at radius 1 is 1.28 bits per heavy atom. The third-order valence-electron chi connectivity index (χ3n) is 4.48. The molecule has 0 bridgehead atoms. The molecule has 0 radical (unpaired) electrons. The molecular formula is C19H30N2O4. The highest BCUT2D eigenvalue weighted by Gasteiger charge is 2.24. The average molecular weight is 350 g/mol. The van der Waals surface area contributed by atoms with E-state index in [1.54, 1.807) is 25.3 Å². The van der Waals surface area contributed by atoms with E-state index in [0.717, 1.165) is 26.3 Å². The van der Waals surface area contributed by atoms with Gasteiger partial charge in [-0.25, -0.2) is 0 Å². The summed E-state index contributed by atoms with van der Waals surface area (Å²) in [6.07, 6.45) is 0. The first-order valence-electron chi connectivity index (χ1n) is 8.97. The number of nitrogens with zero attached hydrogens (tertiary/aromatic N) is 1. The summed E-state index contributed by atoms with van der Waals surface area (Å²) < 4.78 is 16.2. The molecule has 1 heterocycles. The van der Waals surface area contributed by atoms with Crippen LogP contribution in [0.5, 0.6) is 11.5 Å². The van der Waals surface area contributed by atoms with Gasteiger partial charge in [-0.1, -0.05) is 13.8 Å². The first kappa shape index (κ1) is 19.5. The minimum atomic E-state index is -0.0970. The Morgan fingerprint density at radius 2 is 2.00 bits per heavy atom. The Balaban J connectivity index is 2.00. The van der Waals surface area contributed by atoms with Crippen LogP contribution in [0.25, 0.3) is 0 Å². The van der Waals surface area contributed by atoms with Crippen LogP contribution >= 0.6 is 0 Å². The summed E-state index contributed by atoms with van der Waals surface area (Å²) in [4.78, 5) is 14.9. The summed E-state index contributed by atoms with van der Waals surface area (Å²) in [5.41, 5.74) is 0.574. The van der Waals surface area contributed by atoms with Gasteiger partial charge in [0, 0.05) is 31.2 Å². The Morgan fingerprint density at radius 3 is 2.60 bits per heavy atom. The lowest BCUT2D eigenvalue weighted by Crippen LogP contribution is -2.51. The highest BCUT2D eigenvalue weighted by atomic mass is 16.5. The molecule has 6 heteroatoms. The van der Waals surface area contributed by atoms with E-state index in [1.165, 1.54) is 0 Å². The number of amides is 1. The summed E-state index contributed by atoms with van der Waals surface area (Å²) in [5, 5.41) is 3.06. The molecule has 1 amide bonds. The maximum atomic E-state index is 12.5. The van der Waals surface area contributed by atoms with Crippen LogP contribution in [0.15, 0.2) is 18.2 Å². The predicted molar refractivity (Wildman–Crippen MR) is 97.5 cm³/mol. The average Bonchev–Trinajstić information content (AvgIpc) is 2.63. The van der Waals surface area contributed by atoms with E-state index in [1.807, 2.05) is 6.92 Å². The maximum Gasteiger partial charge on any atom is 0.251 e. The third kappa shape index (κ3) is 5.34. The van der Waals surface area contributed by atoms with Gasteiger partial charge in [-0.2, -0.15) is 0 Å². The number of morpholine rings is 1. The van der Waals surface area contributed by atoms with Crippen molar-refractivity contribution in [1.82, 2.24) is 10.2 Å². The highest BCUT2D eigenvalue weighted by molar-refractivity contribution is 5.94. The van der Waals surface area contributed by atoms with Gasteiger partial charge in [0.05, 0.1) is 26.9 Å². The third-order valence-corrected chi connectivity index (χ3v) is 4.48. The largest absolute Gasteiger partial charge is 0.493 e. The molecule has 6 nitrogen and oxygen atoms in total. The second kappa shape index (κ2) is 9.63. The predicted octanol–water partition coefficient (Wildman–Crippen LogP) is 2.18. The van der Waals surface area contributed by atoms with Crippen molar-refractivity contribution in [2.45, 2.75) is 26.8 Å². The zero-order valence-corrected chi connectivity index (χ0v) is 15.7. The summed E-state index contributed by atoms with van der Waals surface area (Å²) in [5.74, 6) is 1.58. The van der Waals surface area contributed by atoms with Gasteiger partial charge in [-0.05, 0) is 31.0 Å². The molecule has 25 heavy (non-hydrogen) atoms. The number of hydrogen-bond acceptors (Lipinski definition) is 5. The zero-order valence-electron chi connectivity index (χ0n) is 15.7. The molecular weight excluding hydrogens is 320 g/mol. The van der Waals surface area contributed by atoms with E-state index in [-0.39, 0.29) is 5.91 Å². The molecule has 2 rings (SSSR count). The van der Waals surface area contributed by atoms with E-state index in [2.05, 4.69) is 24.1 Å². The number of ether oxygens (including phenoxy) is 3. The summed E-state index contributed by atoms with van der Waals surface area (Å²) in [6, 6.07) is 5.57. The fraction of sp³-hybridized carbons (Fsp3) is 0.632. The van der Waals surface area contributed by atoms with Gasteiger partial charge >= 0.3 is 0 Å². The van der Waals surface area contributed by atoms with Crippen LogP contribution in [0.3, 0.4) is 0 Å². The first-order chi connectivity index (χ1) is 12.1. The number of nitrogens with one attached hydrogen (secondary N) is 1. The van der Waals surface area contributed by atoms with Gasteiger partial charge in [0.2, 0.25) is 0 Å². The zero-order chi connectivity index (χ0) is 18.2. The molecule has 1 aliphatic rings. The van der Waals surface area contributed by atoms with Gasteiger partial charge in [-0.15, -0.1) is 0 Å². The molecule has 1 saturated heterocycles. The molecule has 140 valence electrons. The molecule has 0 spiro atoms. The van der Waals surface area contributed by atoms with Crippen molar-refractivity contribution in [2.24, 2.45) is 5.92 Å². The van der Waals surface area contributed by atoms with Gasteiger partial charge in [-0.3, -0.25) is 9.69 Å². The number of carbonyl (C=O) groups excluding carboxylic acids is 1. The lowest BCUT2D eigenvalue weighted by Gasteiger charge is -2.36. The molecule has 1 unspecified atom stereocenters. The second-order valence-corrected chi connectivity index (χ2v) is 6.47. The van der Waals surface area contributed by atoms with Crippen molar-refractivity contribution in [3.63, 3.8) is 0 Å². The van der Waals surface area contributed by atoms with Crippen LogP contribution in [-0.4, -0.2) is 63.4 Å². The van der Waals surface area contributed by atoms with Gasteiger partial charge < -0.3 is 19.5 Å². The van der Waals surface area contributed by atoms with Crippen LogP contribution in [0.4, 0.5) is 0 Å². The Kier molecular flexibility index (Phi) is 7.52. The normalized spacial score (nSPS) is 16.5. The standard InChI is InChI=1S/C19H30N2O4/c1-5-25-17-7-6-15(12-18(17)23-4)19(22)20-13-16(14(2)3)21-8-10-24-11-9-21/h6-7,12,14,16H,5,8-11,13H2,1-4H3,(H,20,22). The van der Waals surface area contributed by atoms with E-state index in [4.69, 9.17) is 14.2 Å². The summed E-state index contributed by atoms with van der Waals surface area (Å²) in [6.45, 7) is 10.8. The molecule has 1 aromatic rings. The van der Waals surface area contributed by atoms with E-state index in [0.29, 0.717) is 42.2 Å². The van der Waals surface area contributed by atoms with Crippen LogP contribution in [0.2, 0.25) is 0 Å².